The van der Waals surface area contributed by atoms with Crippen molar-refractivity contribution in [2.75, 3.05) is 19.7 Å². The van der Waals surface area contributed by atoms with E-state index in [1.165, 1.54) is 0 Å². The highest BCUT2D eigenvalue weighted by molar-refractivity contribution is 7.80. The Hall–Kier alpha value is -1.24. The van der Waals surface area contributed by atoms with Gasteiger partial charge in [-0.05, 0) is 44.6 Å². The Morgan fingerprint density at radius 1 is 1.38 bits per heavy atom. The predicted octanol–water partition coefficient (Wildman–Crippen LogP) is 0.182. The number of aliphatic imine (C=N–C) groups is 1. The molecule has 2 fully saturated rings. The lowest BCUT2D eigenvalue weighted by Crippen LogP contribution is -2.59. The maximum atomic E-state index is 11.3. The first kappa shape index (κ1) is 21.1. The molecule has 5 N–H and O–H groups in total. The largest absolute Gasteiger partial charge is 0.418 e. The van der Waals surface area contributed by atoms with E-state index in [0.29, 0.717) is 31.1 Å². The molecule has 0 aliphatic carbocycles. The first-order chi connectivity index (χ1) is 11.8. The maximum absolute atomic E-state index is 11.3. The number of likely N-dealkylation sites (tertiary alicyclic amines) is 1. The van der Waals surface area contributed by atoms with Crippen molar-refractivity contribution in [3.8, 4) is 0 Å². The lowest BCUT2D eigenvalue weighted by atomic mass is 9.89. The third-order valence-corrected chi connectivity index (χ3v) is 5.31. The Labute approximate surface area is 153 Å². The molecule has 0 saturated carbocycles. The van der Waals surface area contributed by atoms with E-state index in [-0.39, 0.29) is 5.48 Å². The molecule has 2 atom stereocenters. The molecular weight excluding hydrogens is 364 g/mol. The fraction of sp³-hybridized carbons (Fsp3) is 0.800. The third-order valence-electron chi connectivity index (χ3n) is 4.96. The summed E-state index contributed by atoms with van der Waals surface area (Å²) in [5.74, 6) is 1.02. The molecule has 3 rings (SSSR count). The van der Waals surface area contributed by atoms with Gasteiger partial charge in [-0.1, -0.05) is 6.92 Å². The lowest BCUT2D eigenvalue weighted by molar-refractivity contribution is -0.0767. The molecule has 0 aromatic heterocycles. The highest BCUT2D eigenvalue weighted by Gasteiger charge is 2.45. The van der Waals surface area contributed by atoms with Gasteiger partial charge in [-0.2, -0.15) is 13.5 Å². The normalized spacial score (nSPS) is 29.9. The number of rotatable bonds is 5. The van der Waals surface area contributed by atoms with Crippen molar-refractivity contribution < 1.29 is 27.5 Å². The fourth-order valence-electron chi connectivity index (χ4n) is 3.63. The quantitative estimate of drug-likeness (QED) is 0.629. The molecular formula is C15H28N4O6S. The molecule has 0 aromatic carbocycles. The van der Waals surface area contributed by atoms with Crippen molar-refractivity contribution in [2.24, 2.45) is 10.7 Å². The number of ether oxygens (including phenoxy) is 1. The van der Waals surface area contributed by atoms with E-state index in [0.717, 1.165) is 43.8 Å². The van der Waals surface area contributed by atoms with Crippen LogP contribution in [0.5, 0.6) is 0 Å². The fourth-order valence-corrected chi connectivity index (χ4v) is 4.01. The van der Waals surface area contributed by atoms with Crippen LogP contribution in [0.1, 0.15) is 45.4 Å². The average Bonchev–Trinajstić information content (AvgIpc) is 3.10. The highest BCUT2D eigenvalue weighted by Crippen LogP contribution is 2.35. The van der Waals surface area contributed by atoms with Gasteiger partial charge in [-0.15, -0.1) is 4.28 Å². The van der Waals surface area contributed by atoms with Crippen LogP contribution < -0.4 is 5.73 Å². The molecule has 2 unspecified atom stereocenters. The molecule has 0 bridgehead atoms. The van der Waals surface area contributed by atoms with Crippen molar-refractivity contribution >= 4 is 16.2 Å². The van der Waals surface area contributed by atoms with Crippen LogP contribution in [0.15, 0.2) is 16.9 Å². The molecule has 0 spiro atoms. The van der Waals surface area contributed by atoms with E-state index < -0.39 is 22.2 Å². The second-order valence-electron chi connectivity index (χ2n) is 6.63. The molecule has 150 valence electrons. The van der Waals surface area contributed by atoms with Crippen LogP contribution in [0, 0.1) is 0 Å². The summed E-state index contributed by atoms with van der Waals surface area (Å²) in [5, 5.41) is 0.962. The van der Waals surface area contributed by atoms with Crippen LogP contribution in [0.2, 0.25) is 0 Å². The van der Waals surface area contributed by atoms with Gasteiger partial charge in [0.1, 0.15) is 17.6 Å². The monoisotopic (exact) mass is 392 g/mol. The first-order valence-electron chi connectivity index (χ1n) is 8.76. The van der Waals surface area contributed by atoms with Crippen molar-refractivity contribution in [2.45, 2.75) is 57.2 Å². The van der Waals surface area contributed by atoms with Crippen molar-refractivity contribution in [3.05, 3.63) is 11.9 Å². The summed E-state index contributed by atoms with van der Waals surface area (Å²) in [5.41, 5.74) is 5.36. The second kappa shape index (κ2) is 8.19. The topological polar surface area (TPSA) is 149 Å². The highest BCUT2D eigenvalue weighted by atomic mass is 32.3. The van der Waals surface area contributed by atoms with Crippen molar-refractivity contribution in [3.63, 3.8) is 0 Å². The number of hydroxylamine groups is 2. The van der Waals surface area contributed by atoms with E-state index in [2.05, 4.69) is 9.89 Å². The zero-order valence-corrected chi connectivity index (χ0v) is 15.7. The molecule has 26 heavy (non-hydrogen) atoms. The summed E-state index contributed by atoms with van der Waals surface area (Å²) in [7, 11) is -4.73. The summed E-state index contributed by atoms with van der Waals surface area (Å²) in [6.07, 6.45) is 6.08. The van der Waals surface area contributed by atoms with Gasteiger partial charge in [0, 0.05) is 19.7 Å². The Balaban J connectivity index is 0.00000243. The van der Waals surface area contributed by atoms with Crippen LogP contribution in [0.4, 0.5) is 0 Å². The molecule has 10 nitrogen and oxygen atoms in total. The minimum Gasteiger partial charge on any atom is -0.412 e. The third kappa shape index (κ3) is 4.35. The molecule has 3 aliphatic rings. The minimum atomic E-state index is -4.73. The maximum Gasteiger partial charge on any atom is 0.418 e. The number of hydrogen-bond donors (Lipinski definition) is 2. The first-order valence-corrected chi connectivity index (χ1v) is 10.1. The number of amidine groups is 1. The smallest absolute Gasteiger partial charge is 0.412 e. The van der Waals surface area contributed by atoms with Gasteiger partial charge in [0.15, 0.2) is 5.84 Å². The van der Waals surface area contributed by atoms with Gasteiger partial charge in [-0.25, -0.2) is 4.99 Å². The Morgan fingerprint density at radius 3 is 2.62 bits per heavy atom. The SMILES string of the molecule is CCC1(C2=NC(N3CCCC3)=CC(N)N2OS(=O)(=O)O)CCCCO1.O. The number of nitrogens with zero attached hydrogens (tertiary/aromatic N) is 3. The lowest BCUT2D eigenvalue weighted by Gasteiger charge is -2.43. The van der Waals surface area contributed by atoms with Crippen LogP contribution in [0.3, 0.4) is 0 Å². The molecule has 11 heteroatoms. The van der Waals surface area contributed by atoms with E-state index in [1.54, 1.807) is 6.08 Å². The summed E-state index contributed by atoms with van der Waals surface area (Å²) in [4.78, 5) is 6.79. The van der Waals surface area contributed by atoms with Gasteiger partial charge in [0.2, 0.25) is 0 Å². The zero-order valence-electron chi connectivity index (χ0n) is 14.9. The Bertz CT molecular complexity index is 653. The van der Waals surface area contributed by atoms with Crippen molar-refractivity contribution in [1.82, 2.24) is 9.96 Å². The van der Waals surface area contributed by atoms with E-state index in [1.807, 2.05) is 6.92 Å². The molecule has 0 aromatic rings. The van der Waals surface area contributed by atoms with Crippen LogP contribution >= 0.6 is 0 Å². The Morgan fingerprint density at radius 2 is 2.08 bits per heavy atom. The van der Waals surface area contributed by atoms with E-state index >= 15 is 0 Å². The number of hydrogen-bond acceptors (Lipinski definition) is 8. The molecule has 3 heterocycles. The van der Waals surface area contributed by atoms with Gasteiger partial charge < -0.3 is 20.8 Å². The summed E-state index contributed by atoms with van der Waals surface area (Å²) >= 11 is 0. The Kier molecular flexibility index (Phi) is 6.64. The summed E-state index contributed by atoms with van der Waals surface area (Å²) in [6, 6.07) is 0. The minimum absolute atomic E-state index is 0. The van der Waals surface area contributed by atoms with Gasteiger partial charge >= 0.3 is 10.4 Å². The molecule has 3 aliphatic heterocycles. The standard InChI is InChI=1S/C15H26N4O5S.H2O/c1-2-15(7-3-6-10-23-15)14-17-13(18-8-4-5-9-18)11-12(16)19(14)24-25(20,21)22;/h11-12H,2-10,16H2,1H3,(H,20,21,22);1H2. The molecule has 0 radical (unpaired) electrons. The van der Waals surface area contributed by atoms with E-state index in [9.17, 15) is 8.42 Å². The van der Waals surface area contributed by atoms with Gasteiger partial charge in [0.05, 0.1) is 0 Å². The zero-order chi connectivity index (χ0) is 18.1. The van der Waals surface area contributed by atoms with Crippen LogP contribution in [0.25, 0.3) is 0 Å². The summed E-state index contributed by atoms with van der Waals surface area (Å²) in [6.45, 7) is 4.28. The van der Waals surface area contributed by atoms with Crippen LogP contribution in [-0.4, -0.2) is 65.7 Å². The summed E-state index contributed by atoms with van der Waals surface area (Å²) < 4.78 is 42.6. The van der Waals surface area contributed by atoms with Gasteiger partial charge in [0.25, 0.3) is 0 Å². The molecule has 0 amide bonds. The predicted molar refractivity (Wildman–Crippen MR) is 95.2 cm³/mol. The van der Waals surface area contributed by atoms with Gasteiger partial charge in [-0.3, -0.25) is 4.55 Å². The van der Waals surface area contributed by atoms with E-state index in [4.69, 9.17) is 19.3 Å². The average molecular weight is 392 g/mol. The van der Waals surface area contributed by atoms with Crippen LogP contribution in [-0.2, 0) is 19.4 Å². The van der Waals surface area contributed by atoms with Crippen molar-refractivity contribution in [1.29, 1.82) is 0 Å². The molecule has 2 saturated heterocycles. The second-order valence-corrected chi connectivity index (χ2v) is 7.63. The number of nitrogens with two attached hydrogens (primary N) is 1.